The number of benzene rings is 1. The van der Waals surface area contributed by atoms with Gasteiger partial charge in [-0.2, -0.15) is 0 Å². The summed E-state index contributed by atoms with van der Waals surface area (Å²) in [6, 6.07) is 8.23. The van der Waals surface area contributed by atoms with Gasteiger partial charge in [0.2, 0.25) is 5.95 Å². The Morgan fingerprint density at radius 3 is 2.91 bits per heavy atom. The summed E-state index contributed by atoms with van der Waals surface area (Å²) in [4.78, 5) is 18.9. The van der Waals surface area contributed by atoms with Crippen LogP contribution in [0.25, 0.3) is 16.9 Å². The summed E-state index contributed by atoms with van der Waals surface area (Å²) in [5.74, 6) is 0.671. The second-order valence-corrected chi connectivity index (χ2v) is 5.11. The smallest absolute Gasteiger partial charge is 0.305 e. The first-order valence-electron chi connectivity index (χ1n) is 7.54. The van der Waals surface area contributed by atoms with E-state index in [0.717, 1.165) is 24.3 Å². The molecule has 0 aliphatic heterocycles. The highest BCUT2D eigenvalue weighted by atomic mass is 35.5. The third-order valence-electron chi connectivity index (χ3n) is 3.64. The third kappa shape index (κ3) is 3.74. The van der Waals surface area contributed by atoms with Gasteiger partial charge in [-0.25, -0.2) is 4.98 Å². The predicted molar refractivity (Wildman–Crippen MR) is 92.2 cm³/mol. The minimum Gasteiger partial charge on any atom is -0.466 e. The number of rotatable bonds is 6. The Balaban J connectivity index is 0.00000192. The van der Waals surface area contributed by atoms with Crippen molar-refractivity contribution in [2.24, 2.45) is 0 Å². The average Bonchev–Trinajstić information content (AvgIpc) is 3.15. The van der Waals surface area contributed by atoms with Gasteiger partial charge >= 0.3 is 5.97 Å². The van der Waals surface area contributed by atoms with E-state index in [0.29, 0.717) is 13.0 Å². The van der Waals surface area contributed by atoms with Crippen LogP contribution in [-0.4, -0.2) is 27.1 Å². The Hall–Kier alpha value is -2.27. The normalized spacial score (nSPS) is 10.5. The number of fused-ring (bicyclic) bond motifs is 1. The number of halogens is 1. The van der Waals surface area contributed by atoms with E-state index in [2.05, 4.69) is 32.9 Å². The topological polar surface area (TPSA) is 59.9 Å². The molecule has 0 unspecified atom stereocenters. The van der Waals surface area contributed by atoms with Crippen LogP contribution in [0.3, 0.4) is 0 Å². The van der Waals surface area contributed by atoms with Gasteiger partial charge in [0.25, 0.3) is 0 Å². The summed E-state index contributed by atoms with van der Waals surface area (Å²) in [6.07, 6.45) is 7.72. The van der Waals surface area contributed by atoms with E-state index in [1.54, 1.807) is 6.20 Å². The van der Waals surface area contributed by atoms with E-state index in [1.165, 1.54) is 10.9 Å². The van der Waals surface area contributed by atoms with Crippen molar-refractivity contribution in [2.75, 3.05) is 6.61 Å². The molecule has 3 rings (SSSR count). The molecule has 0 fully saturated rings. The molecule has 6 heteroatoms. The Bertz CT molecular complexity index is 765. The van der Waals surface area contributed by atoms with Gasteiger partial charge in [0.05, 0.1) is 12.1 Å². The standard InChI is InChI=1S/C17H19N3O2.ClH/c1-2-22-16(21)9-5-6-13-12-20(17-18-10-11-19-17)15-8-4-3-7-14(13)15;/h3-4,7-8,10-12H,2,5-6,9H2,1H3,(H,18,19);1H. The summed E-state index contributed by atoms with van der Waals surface area (Å²) in [6.45, 7) is 2.27. The van der Waals surface area contributed by atoms with Crippen LogP contribution in [0.5, 0.6) is 0 Å². The van der Waals surface area contributed by atoms with Crippen molar-refractivity contribution in [3.8, 4) is 5.95 Å². The van der Waals surface area contributed by atoms with E-state index in [1.807, 2.05) is 25.3 Å². The number of aryl methyl sites for hydroxylation is 1. The molecule has 0 saturated carbocycles. The van der Waals surface area contributed by atoms with E-state index >= 15 is 0 Å². The molecule has 5 nitrogen and oxygen atoms in total. The monoisotopic (exact) mass is 333 g/mol. The van der Waals surface area contributed by atoms with E-state index in [9.17, 15) is 4.79 Å². The van der Waals surface area contributed by atoms with Crippen molar-refractivity contribution in [3.63, 3.8) is 0 Å². The van der Waals surface area contributed by atoms with Gasteiger partial charge < -0.3 is 9.72 Å². The lowest BCUT2D eigenvalue weighted by molar-refractivity contribution is -0.143. The van der Waals surface area contributed by atoms with Gasteiger partial charge in [-0.05, 0) is 31.4 Å². The molecule has 0 saturated heterocycles. The zero-order valence-corrected chi connectivity index (χ0v) is 13.8. The van der Waals surface area contributed by atoms with Crippen LogP contribution < -0.4 is 0 Å². The first kappa shape index (κ1) is 17.1. The number of esters is 1. The van der Waals surface area contributed by atoms with Crippen molar-refractivity contribution in [1.29, 1.82) is 0 Å². The number of para-hydroxylation sites is 1. The lowest BCUT2D eigenvalue weighted by Crippen LogP contribution is -2.03. The Labute approximate surface area is 141 Å². The van der Waals surface area contributed by atoms with Crippen molar-refractivity contribution in [3.05, 3.63) is 48.4 Å². The Kier molecular flexibility index (Phi) is 5.82. The number of H-pyrrole nitrogens is 1. The number of hydrogen-bond acceptors (Lipinski definition) is 3. The number of hydrogen-bond donors (Lipinski definition) is 1. The molecular weight excluding hydrogens is 314 g/mol. The largest absolute Gasteiger partial charge is 0.466 e. The SMILES string of the molecule is CCOC(=O)CCCc1cn(-c2ncc[nH]2)c2ccccc12.Cl. The first-order valence-corrected chi connectivity index (χ1v) is 7.54. The second-order valence-electron chi connectivity index (χ2n) is 5.11. The number of aromatic amines is 1. The molecule has 3 aromatic rings. The maximum Gasteiger partial charge on any atom is 0.305 e. The summed E-state index contributed by atoms with van der Waals surface area (Å²) in [5, 5.41) is 1.20. The van der Waals surface area contributed by atoms with Gasteiger partial charge in [0, 0.05) is 30.4 Å². The minimum atomic E-state index is -0.128. The number of imidazole rings is 1. The van der Waals surface area contributed by atoms with E-state index < -0.39 is 0 Å². The lowest BCUT2D eigenvalue weighted by Gasteiger charge is -2.01. The number of carbonyl (C=O) groups excluding carboxylic acids is 1. The number of ether oxygens (including phenoxy) is 1. The van der Waals surface area contributed by atoms with Gasteiger partial charge in [0.1, 0.15) is 0 Å². The molecule has 122 valence electrons. The highest BCUT2D eigenvalue weighted by Crippen LogP contribution is 2.24. The Morgan fingerprint density at radius 2 is 2.17 bits per heavy atom. The van der Waals surface area contributed by atoms with Crippen LogP contribution in [-0.2, 0) is 16.0 Å². The molecule has 23 heavy (non-hydrogen) atoms. The molecule has 2 aromatic heterocycles. The first-order chi connectivity index (χ1) is 10.8. The van der Waals surface area contributed by atoms with Crippen LogP contribution in [0.15, 0.2) is 42.9 Å². The summed E-state index contributed by atoms with van der Waals surface area (Å²) >= 11 is 0. The molecule has 2 heterocycles. The fraction of sp³-hybridized carbons (Fsp3) is 0.294. The second kappa shape index (κ2) is 7.83. The van der Waals surface area contributed by atoms with Crippen molar-refractivity contribution in [1.82, 2.24) is 14.5 Å². The maximum absolute atomic E-state index is 11.4. The number of carbonyl (C=O) groups is 1. The molecule has 0 amide bonds. The molecule has 0 radical (unpaired) electrons. The molecule has 0 aliphatic rings. The lowest BCUT2D eigenvalue weighted by atomic mass is 10.1. The van der Waals surface area contributed by atoms with E-state index in [-0.39, 0.29) is 18.4 Å². The van der Waals surface area contributed by atoms with Gasteiger partial charge in [-0.3, -0.25) is 9.36 Å². The maximum atomic E-state index is 11.4. The Morgan fingerprint density at radius 1 is 1.35 bits per heavy atom. The average molecular weight is 334 g/mol. The highest BCUT2D eigenvalue weighted by Gasteiger charge is 2.11. The van der Waals surface area contributed by atoms with Crippen LogP contribution in [0.1, 0.15) is 25.3 Å². The van der Waals surface area contributed by atoms with Gasteiger partial charge in [-0.1, -0.05) is 18.2 Å². The van der Waals surface area contributed by atoms with Crippen LogP contribution in [0, 0.1) is 0 Å². The summed E-state index contributed by atoms with van der Waals surface area (Å²) in [5.41, 5.74) is 2.33. The van der Waals surface area contributed by atoms with E-state index in [4.69, 9.17) is 4.74 Å². The van der Waals surface area contributed by atoms with Crippen LogP contribution in [0.2, 0.25) is 0 Å². The number of aromatic nitrogens is 3. The van der Waals surface area contributed by atoms with Crippen LogP contribution in [0.4, 0.5) is 0 Å². The highest BCUT2D eigenvalue weighted by molar-refractivity contribution is 5.85. The third-order valence-corrected chi connectivity index (χ3v) is 3.64. The zero-order valence-electron chi connectivity index (χ0n) is 13.0. The van der Waals surface area contributed by atoms with Gasteiger partial charge in [0.15, 0.2) is 0 Å². The molecule has 0 spiro atoms. The fourth-order valence-corrected chi connectivity index (χ4v) is 2.67. The molecule has 0 aliphatic carbocycles. The summed E-state index contributed by atoms with van der Waals surface area (Å²) < 4.78 is 7.02. The molecule has 0 bridgehead atoms. The van der Waals surface area contributed by atoms with Crippen molar-refractivity contribution < 1.29 is 9.53 Å². The molecule has 0 atom stereocenters. The fourth-order valence-electron chi connectivity index (χ4n) is 2.67. The predicted octanol–water partition coefficient (Wildman–Crippen LogP) is 3.66. The van der Waals surface area contributed by atoms with Gasteiger partial charge in [-0.15, -0.1) is 12.4 Å². The van der Waals surface area contributed by atoms with Crippen molar-refractivity contribution >= 4 is 29.3 Å². The minimum absolute atomic E-state index is 0. The quantitative estimate of drug-likeness (QED) is 0.700. The van der Waals surface area contributed by atoms with Crippen molar-refractivity contribution in [2.45, 2.75) is 26.2 Å². The number of nitrogens with one attached hydrogen (secondary N) is 1. The molecule has 1 aromatic carbocycles. The van der Waals surface area contributed by atoms with Crippen LogP contribution >= 0.6 is 12.4 Å². The zero-order chi connectivity index (χ0) is 15.4. The molecular formula is C17H20ClN3O2. The molecule has 1 N–H and O–H groups in total. The number of nitrogens with zero attached hydrogens (tertiary/aromatic N) is 2. The summed E-state index contributed by atoms with van der Waals surface area (Å²) in [7, 11) is 0.